The smallest absolute Gasteiger partial charge is 0.143 e. The molecule has 0 heterocycles. The van der Waals surface area contributed by atoms with Gasteiger partial charge >= 0.3 is 0 Å². The minimum absolute atomic E-state index is 0.195. The molecule has 1 nitrogen and oxygen atoms in total. The van der Waals surface area contributed by atoms with Gasteiger partial charge in [0.15, 0.2) is 0 Å². The molecule has 0 spiro atoms. The van der Waals surface area contributed by atoms with Crippen LogP contribution in [0.1, 0.15) is 62.5 Å². The van der Waals surface area contributed by atoms with Crippen LogP contribution in [0.15, 0.2) is 24.3 Å². The van der Waals surface area contributed by atoms with E-state index in [0.29, 0.717) is 11.7 Å². The third-order valence-electron chi connectivity index (χ3n) is 5.05. The molecule has 2 aliphatic carbocycles. The van der Waals surface area contributed by atoms with Gasteiger partial charge in [0.05, 0.1) is 0 Å². The number of hydrogen-bond acceptors (Lipinski definition) is 1. The summed E-state index contributed by atoms with van der Waals surface area (Å²) in [5.74, 6) is 1.81. The molecule has 1 aromatic carbocycles. The standard InChI is InChI=1S/C18H24O/c1-13-6-4-9-15(12-13)18(19)17-11-5-8-14-7-2-3-10-16(14)17/h2-3,7,10,13,15,17H,4-6,8-9,11-12H2,1H3. The van der Waals surface area contributed by atoms with E-state index in [9.17, 15) is 4.79 Å². The highest BCUT2D eigenvalue weighted by Crippen LogP contribution is 2.38. The lowest BCUT2D eigenvalue weighted by molar-refractivity contribution is -0.126. The van der Waals surface area contributed by atoms with Crippen molar-refractivity contribution in [1.82, 2.24) is 0 Å². The molecule has 3 rings (SSSR count). The molecule has 0 aromatic heterocycles. The number of hydrogen-bond donors (Lipinski definition) is 0. The van der Waals surface area contributed by atoms with Gasteiger partial charge in [-0.25, -0.2) is 0 Å². The van der Waals surface area contributed by atoms with Crippen molar-refractivity contribution >= 4 is 5.78 Å². The maximum atomic E-state index is 12.9. The van der Waals surface area contributed by atoms with Crippen molar-refractivity contribution in [3.8, 4) is 0 Å². The molecular formula is C18H24O. The van der Waals surface area contributed by atoms with Gasteiger partial charge in [0.1, 0.15) is 5.78 Å². The van der Waals surface area contributed by atoms with Crippen molar-refractivity contribution in [3.05, 3.63) is 35.4 Å². The Balaban J connectivity index is 1.81. The van der Waals surface area contributed by atoms with Crippen LogP contribution in [0, 0.1) is 11.8 Å². The van der Waals surface area contributed by atoms with E-state index < -0.39 is 0 Å². The predicted octanol–water partition coefficient (Wildman–Crippen LogP) is 4.50. The van der Waals surface area contributed by atoms with E-state index in [1.54, 1.807) is 0 Å². The van der Waals surface area contributed by atoms with Crippen LogP contribution in [0.5, 0.6) is 0 Å². The van der Waals surface area contributed by atoms with Crippen LogP contribution in [0.25, 0.3) is 0 Å². The summed E-state index contributed by atoms with van der Waals surface area (Å²) in [5.41, 5.74) is 2.74. The second-order valence-corrected chi connectivity index (χ2v) is 6.51. The van der Waals surface area contributed by atoms with Gasteiger partial charge in [-0.3, -0.25) is 4.79 Å². The molecule has 0 saturated heterocycles. The van der Waals surface area contributed by atoms with E-state index in [4.69, 9.17) is 0 Å². The van der Waals surface area contributed by atoms with Gasteiger partial charge in [0, 0.05) is 11.8 Å². The van der Waals surface area contributed by atoms with E-state index in [1.807, 2.05) is 0 Å². The Kier molecular flexibility index (Phi) is 3.72. The summed E-state index contributed by atoms with van der Waals surface area (Å²) in [6.45, 7) is 2.30. The van der Waals surface area contributed by atoms with E-state index in [0.717, 1.165) is 31.6 Å². The van der Waals surface area contributed by atoms with Gasteiger partial charge < -0.3 is 0 Å². The molecule has 19 heavy (non-hydrogen) atoms. The van der Waals surface area contributed by atoms with Crippen LogP contribution in [0.4, 0.5) is 0 Å². The van der Waals surface area contributed by atoms with Crippen molar-refractivity contribution < 1.29 is 4.79 Å². The molecule has 0 bridgehead atoms. The molecule has 3 unspecified atom stereocenters. The van der Waals surface area contributed by atoms with E-state index >= 15 is 0 Å². The average Bonchev–Trinajstić information content (AvgIpc) is 2.46. The second kappa shape index (κ2) is 5.48. The second-order valence-electron chi connectivity index (χ2n) is 6.51. The number of aryl methyl sites for hydroxylation is 1. The summed E-state index contributed by atoms with van der Waals surface area (Å²) in [7, 11) is 0. The van der Waals surface area contributed by atoms with Gasteiger partial charge in [0.25, 0.3) is 0 Å². The van der Waals surface area contributed by atoms with Crippen LogP contribution >= 0.6 is 0 Å². The van der Waals surface area contributed by atoms with Crippen molar-refractivity contribution in [2.45, 2.75) is 57.8 Å². The Morgan fingerprint density at radius 1 is 1.11 bits per heavy atom. The molecule has 1 heteroatoms. The van der Waals surface area contributed by atoms with Crippen molar-refractivity contribution in [3.63, 3.8) is 0 Å². The minimum Gasteiger partial charge on any atom is -0.299 e. The lowest BCUT2D eigenvalue weighted by Gasteiger charge is -2.31. The zero-order chi connectivity index (χ0) is 13.2. The molecule has 3 atom stereocenters. The molecular weight excluding hydrogens is 232 g/mol. The zero-order valence-corrected chi connectivity index (χ0v) is 11.9. The summed E-state index contributed by atoms with van der Waals surface area (Å²) in [4.78, 5) is 12.9. The van der Waals surface area contributed by atoms with E-state index in [-0.39, 0.29) is 5.92 Å². The van der Waals surface area contributed by atoms with E-state index in [2.05, 4.69) is 31.2 Å². The normalized spacial score (nSPS) is 30.7. The molecule has 102 valence electrons. The van der Waals surface area contributed by atoms with Gasteiger partial charge in [-0.1, -0.05) is 44.0 Å². The highest BCUT2D eigenvalue weighted by Gasteiger charge is 2.33. The Labute approximate surface area is 116 Å². The number of carbonyl (C=O) groups excluding carboxylic acids is 1. The Bertz CT molecular complexity index is 463. The first kappa shape index (κ1) is 12.9. The maximum absolute atomic E-state index is 12.9. The van der Waals surface area contributed by atoms with Gasteiger partial charge in [-0.15, -0.1) is 0 Å². The lowest BCUT2D eigenvalue weighted by Crippen LogP contribution is -2.28. The molecule has 1 saturated carbocycles. The summed E-state index contributed by atoms with van der Waals surface area (Å²) in [5, 5.41) is 0. The van der Waals surface area contributed by atoms with Crippen LogP contribution in [0.2, 0.25) is 0 Å². The number of Topliss-reactive ketones (excluding diaryl/α,β-unsaturated/α-hetero) is 1. The number of carbonyl (C=O) groups is 1. The molecule has 1 aromatic rings. The Morgan fingerprint density at radius 2 is 1.95 bits per heavy atom. The monoisotopic (exact) mass is 256 g/mol. The fourth-order valence-corrected chi connectivity index (χ4v) is 4.03. The Morgan fingerprint density at radius 3 is 2.79 bits per heavy atom. The first-order valence-corrected chi connectivity index (χ1v) is 7.87. The first-order chi connectivity index (χ1) is 9.25. The Hall–Kier alpha value is -1.11. The SMILES string of the molecule is CC1CCCC(C(=O)C2CCCc3ccccc32)C1. The van der Waals surface area contributed by atoms with Crippen LogP contribution in [-0.2, 0) is 11.2 Å². The highest BCUT2D eigenvalue weighted by atomic mass is 16.1. The number of rotatable bonds is 2. The summed E-state index contributed by atoms with van der Waals surface area (Å²) >= 11 is 0. The number of benzene rings is 1. The lowest BCUT2D eigenvalue weighted by atomic mass is 9.72. The van der Waals surface area contributed by atoms with Crippen molar-refractivity contribution in [2.24, 2.45) is 11.8 Å². The number of ketones is 1. The van der Waals surface area contributed by atoms with E-state index in [1.165, 1.54) is 30.4 Å². The molecule has 2 aliphatic rings. The third kappa shape index (κ3) is 2.61. The van der Waals surface area contributed by atoms with Gasteiger partial charge in [0.2, 0.25) is 0 Å². The fourth-order valence-electron chi connectivity index (χ4n) is 4.03. The summed E-state index contributed by atoms with van der Waals surface area (Å²) in [6.07, 6.45) is 8.20. The molecule has 0 aliphatic heterocycles. The maximum Gasteiger partial charge on any atom is 0.143 e. The third-order valence-corrected chi connectivity index (χ3v) is 5.05. The largest absolute Gasteiger partial charge is 0.299 e. The molecule has 1 fully saturated rings. The molecule has 0 radical (unpaired) electrons. The summed E-state index contributed by atoms with van der Waals surface area (Å²) in [6, 6.07) is 8.59. The highest BCUT2D eigenvalue weighted by molar-refractivity contribution is 5.88. The summed E-state index contributed by atoms with van der Waals surface area (Å²) < 4.78 is 0. The van der Waals surface area contributed by atoms with Crippen LogP contribution in [0.3, 0.4) is 0 Å². The predicted molar refractivity (Wildman–Crippen MR) is 78.3 cm³/mol. The van der Waals surface area contributed by atoms with Crippen LogP contribution < -0.4 is 0 Å². The minimum atomic E-state index is 0.195. The molecule has 0 amide bonds. The van der Waals surface area contributed by atoms with Crippen molar-refractivity contribution in [2.75, 3.05) is 0 Å². The van der Waals surface area contributed by atoms with Gasteiger partial charge in [-0.05, 0) is 49.1 Å². The fraction of sp³-hybridized carbons (Fsp3) is 0.611. The zero-order valence-electron chi connectivity index (χ0n) is 11.9. The van der Waals surface area contributed by atoms with Gasteiger partial charge in [-0.2, -0.15) is 0 Å². The number of fused-ring (bicyclic) bond motifs is 1. The quantitative estimate of drug-likeness (QED) is 0.761. The average molecular weight is 256 g/mol. The topological polar surface area (TPSA) is 17.1 Å². The van der Waals surface area contributed by atoms with Crippen molar-refractivity contribution in [1.29, 1.82) is 0 Å². The first-order valence-electron chi connectivity index (χ1n) is 7.87. The van der Waals surface area contributed by atoms with Crippen LogP contribution in [-0.4, -0.2) is 5.78 Å². The molecule has 0 N–H and O–H groups in total.